The average molecular weight is 450 g/mol. The van der Waals surface area contributed by atoms with Gasteiger partial charge in [0.2, 0.25) is 17.7 Å². The molecule has 4 atom stereocenters. The van der Waals surface area contributed by atoms with Crippen molar-refractivity contribution in [3.05, 3.63) is 65.2 Å². The van der Waals surface area contributed by atoms with Crippen LogP contribution in [0.1, 0.15) is 23.1 Å². The standard InChI is InChI=1S/C25H27N3O3S/c1-15-8-9-18-17(14-15)25(24(31)26-18)21-20(19(27-25)11-13-32-2)22(29)28(23(21)30)12-10-16-6-4-3-5-7-16/h3-9,14,19-21,27H,10-13H2,1-2H3,(H,26,31)/t19-,20-,21-,25-/m1/s1. The van der Waals surface area contributed by atoms with E-state index in [9.17, 15) is 14.4 Å². The van der Waals surface area contributed by atoms with E-state index in [0.717, 1.165) is 34.6 Å². The Morgan fingerprint density at radius 1 is 1.06 bits per heavy atom. The minimum Gasteiger partial charge on any atom is -0.324 e. The summed E-state index contributed by atoms with van der Waals surface area (Å²) >= 11 is 1.70. The molecule has 2 N–H and O–H groups in total. The molecule has 2 fully saturated rings. The second-order valence-corrected chi connectivity index (χ2v) is 9.90. The first-order chi connectivity index (χ1) is 15.5. The van der Waals surface area contributed by atoms with Crippen molar-refractivity contribution in [2.75, 3.05) is 23.9 Å². The number of imide groups is 1. The minimum absolute atomic E-state index is 0.152. The van der Waals surface area contributed by atoms with Crippen LogP contribution in [0.5, 0.6) is 0 Å². The molecule has 0 radical (unpaired) electrons. The highest BCUT2D eigenvalue weighted by Gasteiger charge is 2.70. The van der Waals surface area contributed by atoms with Gasteiger partial charge < -0.3 is 5.32 Å². The Bertz CT molecular complexity index is 1090. The fourth-order valence-electron chi connectivity index (χ4n) is 5.57. The monoisotopic (exact) mass is 449 g/mol. The van der Waals surface area contributed by atoms with Crippen molar-refractivity contribution in [1.29, 1.82) is 0 Å². The van der Waals surface area contributed by atoms with Gasteiger partial charge in [-0.1, -0.05) is 48.0 Å². The van der Waals surface area contributed by atoms with Gasteiger partial charge in [0.15, 0.2) is 0 Å². The van der Waals surface area contributed by atoms with Crippen molar-refractivity contribution in [3.8, 4) is 0 Å². The molecule has 3 aliphatic rings. The first-order valence-electron chi connectivity index (χ1n) is 11.1. The number of likely N-dealkylation sites (tertiary alicyclic amines) is 1. The van der Waals surface area contributed by atoms with Gasteiger partial charge in [0.05, 0.1) is 11.8 Å². The molecule has 0 bridgehead atoms. The lowest BCUT2D eigenvalue weighted by molar-refractivity contribution is -0.142. The second kappa shape index (κ2) is 8.05. The number of nitrogens with zero attached hydrogens (tertiary/aromatic N) is 1. The molecule has 166 valence electrons. The number of rotatable bonds is 6. The van der Waals surface area contributed by atoms with Gasteiger partial charge in [-0.3, -0.25) is 24.6 Å². The number of fused-ring (bicyclic) bond motifs is 4. The summed E-state index contributed by atoms with van der Waals surface area (Å²) in [4.78, 5) is 42.1. The van der Waals surface area contributed by atoms with E-state index in [0.29, 0.717) is 13.0 Å². The quantitative estimate of drug-likeness (QED) is 0.663. The van der Waals surface area contributed by atoms with Gasteiger partial charge in [0.25, 0.3) is 0 Å². The van der Waals surface area contributed by atoms with Gasteiger partial charge >= 0.3 is 0 Å². The maximum atomic E-state index is 13.7. The van der Waals surface area contributed by atoms with Gasteiger partial charge in [-0.25, -0.2) is 0 Å². The average Bonchev–Trinajstić information content (AvgIpc) is 3.37. The van der Waals surface area contributed by atoms with Crippen molar-refractivity contribution in [2.45, 2.75) is 31.3 Å². The molecule has 1 spiro atoms. The number of thioether (sulfide) groups is 1. The Morgan fingerprint density at radius 3 is 2.59 bits per heavy atom. The van der Waals surface area contributed by atoms with Crippen LogP contribution in [-0.2, 0) is 26.3 Å². The summed E-state index contributed by atoms with van der Waals surface area (Å²) in [6.07, 6.45) is 3.36. The summed E-state index contributed by atoms with van der Waals surface area (Å²) in [6.45, 7) is 2.31. The smallest absolute Gasteiger partial charge is 0.250 e. The number of nitrogens with one attached hydrogen (secondary N) is 2. The van der Waals surface area contributed by atoms with Gasteiger partial charge in [0, 0.05) is 23.8 Å². The zero-order valence-electron chi connectivity index (χ0n) is 18.3. The van der Waals surface area contributed by atoms with Crippen molar-refractivity contribution >= 4 is 35.2 Å². The lowest BCUT2D eigenvalue weighted by Crippen LogP contribution is -2.53. The molecule has 7 heteroatoms. The minimum atomic E-state index is -1.19. The number of aryl methyl sites for hydroxylation is 1. The highest BCUT2D eigenvalue weighted by Crippen LogP contribution is 2.53. The second-order valence-electron chi connectivity index (χ2n) is 8.91. The Balaban J connectivity index is 1.53. The van der Waals surface area contributed by atoms with Crippen LogP contribution in [0.15, 0.2) is 48.5 Å². The molecule has 3 amide bonds. The molecular formula is C25H27N3O3S. The van der Waals surface area contributed by atoms with Crippen LogP contribution >= 0.6 is 11.8 Å². The van der Waals surface area contributed by atoms with Gasteiger partial charge in [-0.2, -0.15) is 11.8 Å². The van der Waals surface area contributed by atoms with E-state index in [1.165, 1.54) is 4.90 Å². The molecule has 2 aromatic rings. The molecule has 2 aromatic carbocycles. The van der Waals surface area contributed by atoms with Crippen LogP contribution in [0, 0.1) is 18.8 Å². The van der Waals surface area contributed by atoms with Crippen molar-refractivity contribution < 1.29 is 14.4 Å². The highest BCUT2D eigenvalue weighted by atomic mass is 32.2. The zero-order valence-corrected chi connectivity index (χ0v) is 19.1. The van der Waals surface area contributed by atoms with Gasteiger partial charge in [0.1, 0.15) is 5.54 Å². The molecule has 5 rings (SSSR count). The van der Waals surface area contributed by atoms with E-state index in [4.69, 9.17) is 0 Å². The van der Waals surface area contributed by atoms with Crippen molar-refractivity contribution in [1.82, 2.24) is 10.2 Å². The van der Waals surface area contributed by atoms with Gasteiger partial charge in [-0.15, -0.1) is 0 Å². The van der Waals surface area contributed by atoms with Crippen LogP contribution in [0.2, 0.25) is 0 Å². The van der Waals surface area contributed by atoms with E-state index in [1.807, 2.05) is 61.7 Å². The largest absolute Gasteiger partial charge is 0.324 e. The van der Waals surface area contributed by atoms with Crippen LogP contribution < -0.4 is 10.6 Å². The SMILES string of the molecule is CSCC[C@H]1N[C@@]2(C(=O)Nc3ccc(C)cc32)[C@H]2C(=O)N(CCc3ccccc3)C(=O)[C@H]12. The van der Waals surface area contributed by atoms with E-state index in [1.54, 1.807) is 11.8 Å². The normalized spacial score (nSPS) is 28.4. The molecule has 3 heterocycles. The Hall–Kier alpha value is -2.64. The fourth-order valence-corrected chi connectivity index (χ4v) is 6.06. The lowest BCUT2D eigenvalue weighted by atomic mass is 9.76. The number of amides is 3. The lowest BCUT2D eigenvalue weighted by Gasteiger charge is -2.29. The maximum Gasteiger partial charge on any atom is 0.250 e. The van der Waals surface area contributed by atoms with E-state index < -0.39 is 17.4 Å². The number of carbonyl (C=O) groups excluding carboxylic acids is 3. The Kier molecular flexibility index (Phi) is 5.34. The van der Waals surface area contributed by atoms with Crippen LogP contribution in [-0.4, -0.2) is 47.2 Å². The molecule has 0 aromatic heterocycles. The number of hydrogen-bond acceptors (Lipinski definition) is 5. The molecule has 32 heavy (non-hydrogen) atoms. The highest BCUT2D eigenvalue weighted by molar-refractivity contribution is 7.98. The van der Waals surface area contributed by atoms with Gasteiger partial charge in [-0.05, 0) is 43.4 Å². The summed E-state index contributed by atoms with van der Waals surface area (Å²) in [5, 5.41) is 6.46. The number of carbonyl (C=O) groups is 3. The van der Waals surface area contributed by atoms with E-state index in [2.05, 4.69) is 10.6 Å². The van der Waals surface area contributed by atoms with Crippen molar-refractivity contribution in [2.24, 2.45) is 11.8 Å². The summed E-state index contributed by atoms with van der Waals surface area (Å²) in [5.74, 6) is -1.01. The first kappa shape index (κ1) is 21.2. The third kappa shape index (κ3) is 3.10. The predicted octanol–water partition coefficient (Wildman–Crippen LogP) is 2.71. The molecule has 2 saturated heterocycles. The summed E-state index contributed by atoms with van der Waals surface area (Å²) in [6, 6.07) is 15.4. The number of anilines is 1. The summed E-state index contributed by atoms with van der Waals surface area (Å²) < 4.78 is 0. The molecule has 0 unspecified atom stereocenters. The third-order valence-corrected chi connectivity index (χ3v) is 7.71. The summed E-state index contributed by atoms with van der Waals surface area (Å²) in [7, 11) is 0. The van der Waals surface area contributed by atoms with Crippen LogP contribution in [0.4, 0.5) is 5.69 Å². The Labute approximate surface area is 192 Å². The first-order valence-corrected chi connectivity index (χ1v) is 12.4. The predicted molar refractivity (Wildman–Crippen MR) is 125 cm³/mol. The fraction of sp³-hybridized carbons (Fsp3) is 0.400. The number of benzene rings is 2. The molecule has 6 nitrogen and oxygen atoms in total. The maximum absolute atomic E-state index is 13.7. The molecule has 0 aliphatic carbocycles. The van der Waals surface area contributed by atoms with Crippen LogP contribution in [0.3, 0.4) is 0 Å². The zero-order chi connectivity index (χ0) is 22.5. The molecule has 3 aliphatic heterocycles. The third-order valence-electron chi connectivity index (χ3n) is 7.06. The number of hydrogen-bond donors (Lipinski definition) is 2. The van der Waals surface area contributed by atoms with E-state index in [-0.39, 0.29) is 23.8 Å². The summed E-state index contributed by atoms with van der Waals surface area (Å²) in [5.41, 5.74) is 2.42. The molecule has 0 saturated carbocycles. The molecular weight excluding hydrogens is 422 g/mol. The topological polar surface area (TPSA) is 78.5 Å². The van der Waals surface area contributed by atoms with E-state index >= 15 is 0 Å². The van der Waals surface area contributed by atoms with Crippen molar-refractivity contribution in [3.63, 3.8) is 0 Å². The van der Waals surface area contributed by atoms with Crippen LogP contribution in [0.25, 0.3) is 0 Å². The Morgan fingerprint density at radius 2 is 1.84 bits per heavy atom.